The van der Waals surface area contributed by atoms with Gasteiger partial charge in [-0.2, -0.15) is 0 Å². The Morgan fingerprint density at radius 3 is 0.744 bits per heavy atom. The maximum absolute atomic E-state index is 11.2. The van der Waals surface area contributed by atoms with Crippen LogP contribution in [0.15, 0.2) is 48.5 Å². The van der Waals surface area contributed by atoms with Crippen LogP contribution >= 0.6 is 0 Å². The zero-order valence-corrected chi connectivity index (χ0v) is 22.8. The quantitative estimate of drug-likeness (QED) is 0.180. The van der Waals surface area contributed by atoms with Gasteiger partial charge in [-0.25, -0.2) is 0 Å². The molecular weight excluding hydrogens is 492 g/mol. The normalized spacial score (nSPS) is 11.2. The molecule has 204 valence electrons. The van der Waals surface area contributed by atoms with E-state index in [1.807, 2.05) is 64.1 Å². The molecule has 6 heteroatoms. The van der Waals surface area contributed by atoms with Crippen LogP contribution in [0.4, 0.5) is 0 Å². The van der Waals surface area contributed by atoms with E-state index < -0.39 is 0 Å². The van der Waals surface area contributed by atoms with Crippen molar-refractivity contribution < 1.29 is 30.6 Å². The molecule has 0 fully saturated rings. The molecule has 4 rings (SSSR count). The number of hydrogen-bond donors (Lipinski definition) is 6. The van der Waals surface area contributed by atoms with Crippen LogP contribution in [0.1, 0.15) is 66.8 Å². The highest BCUT2D eigenvalue weighted by atomic mass is 16.3. The number of rotatable bonds is 8. The van der Waals surface area contributed by atoms with E-state index in [0.29, 0.717) is 44.5 Å². The van der Waals surface area contributed by atoms with Crippen LogP contribution in [0.5, 0.6) is 23.0 Å². The van der Waals surface area contributed by atoms with E-state index in [-0.39, 0.29) is 55.5 Å². The molecule has 0 aliphatic carbocycles. The number of hydrogen-bond acceptors (Lipinski definition) is 6. The van der Waals surface area contributed by atoms with Crippen LogP contribution in [0.2, 0.25) is 0 Å². The van der Waals surface area contributed by atoms with Crippen LogP contribution < -0.4 is 0 Å². The number of aliphatic hydroxyl groups is 2. The lowest BCUT2D eigenvalue weighted by molar-refractivity contribution is 0.274. The SMILES string of the molecule is Cc1cc(CO)c(O)c(Cc2cc(C)cc(Cc3cc(C)cc(Cc4cc(C)cc(CO)c4O)c3O)c2O)c1. The highest BCUT2D eigenvalue weighted by molar-refractivity contribution is 5.55. The maximum Gasteiger partial charge on any atom is 0.124 e. The molecule has 0 radical (unpaired) electrons. The first-order valence-electron chi connectivity index (χ1n) is 13.0. The first kappa shape index (κ1) is 28.0. The smallest absolute Gasteiger partial charge is 0.124 e. The number of aryl methyl sites for hydroxylation is 4. The minimum atomic E-state index is -0.276. The Bertz CT molecular complexity index is 1420. The zero-order chi connectivity index (χ0) is 28.4. The van der Waals surface area contributed by atoms with Gasteiger partial charge in [-0.1, -0.05) is 70.8 Å². The third-order valence-corrected chi connectivity index (χ3v) is 7.13. The Balaban J connectivity index is 1.70. The van der Waals surface area contributed by atoms with Crippen molar-refractivity contribution in [3.63, 3.8) is 0 Å². The van der Waals surface area contributed by atoms with Crippen molar-refractivity contribution in [2.75, 3.05) is 0 Å². The minimum Gasteiger partial charge on any atom is -0.507 e. The number of benzene rings is 4. The summed E-state index contributed by atoms with van der Waals surface area (Å²) in [5.74, 6) is 0.238. The molecule has 6 N–H and O–H groups in total. The van der Waals surface area contributed by atoms with E-state index in [1.165, 1.54) is 0 Å². The summed E-state index contributed by atoms with van der Waals surface area (Å²) in [7, 11) is 0. The van der Waals surface area contributed by atoms with E-state index >= 15 is 0 Å². The second-order valence-corrected chi connectivity index (χ2v) is 10.6. The molecule has 0 aliphatic rings. The summed E-state index contributed by atoms with van der Waals surface area (Å²) in [4.78, 5) is 0. The second-order valence-electron chi connectivity index (χ2n) is 10.6. The average molecular weight is 529 g/mol. The first-order chi connectivity index (χ1) is 18.5. The first-order valence-corrected chi connectivity index (χ1v) is 13.0. The maximum atomic E-state index is 11.2. The Morgan fingerprint density at radius 2 is 0.538 bits per heavy atom. The fourth-order valence-corrected chi connectivity index (χ4v) is 5.40. The molecule has 0 saturated carbocycles. The molecule has 39 heavy (non-hydrogen) atoms. The van der Waals surface area contributed by atoms with Crippen molar-refractivity contribution in [1.82, 2.24) is 0 Å². The molecule has 0 aromatic heterocycles. The summed E-state index contributed by atoms with van der Waals surface area (Å²) in [5.41, 5.74) is 8.37. The fourth-order valence-electron chi connectivity index (χ4n) is 5.40. The van der Waals surface area contributed by atoms with Gasteiger partial charge in [0.1, 0.15) is 23.0 Å². The lowest BCUT2D eigenvalue weighted by atomic mass is 9.91. The molecule has 6 nitrogen and oxygen atoms in total. The van der Waals surface area contributed by atoms with Crippen LogP contribution in [-0.2, 0) is 32.5 Å². The summed E-state index contributed by atoms with van der Waals surface area (Å²) in [5, 5.41) is 62.9. The lowest BCUT2D eigenvalue weighted by Crippen LogP contribution is -2.01. The van der Waals surface area contributed by atoms with Gasteiger partial charge in [-0.3, -0.25) is 0 Å². The van der Waals surface area contributed by atoms with Gasteiger partial charge in [-0.15, -0.1) is 0 Å². The molecule has 0 unspecified atom stereocenters. The van der Waals surface area contributed by atoms with E-state index in [9.17, 15) is 30.6 Å². The summed E-state index contributed by atoms with van der Waals surface area (Å²) < 4.78 is 0. The number of phenols is 4. The van der Waals surface area contributed by atoms with E-state index in [4.69, 9.17) is 0 Å². The van der Waals surface area contributed by atoms with Crippen molar-refractivity contribution in [2.45, 2.75) is 60.2 Å². The molecule has 4 aromatic rings. The number of aliphatic hydroxyl groups excluding tert-OH is 2. The van der Waals surface area contributed by atoms with Crippen molar-refractivity contribution in [1.29, 1.82) is 0 Å². The predicted molar refractivity (Wildman–Crippen MR) is 152 cm³/mol. The van der Waals surface area contributed by atoms with Gasteiger partial charge in [0.05, 0.1) is 13.2 Å². The van der Waals surface area contributed by atoms with Crippen molar-refractivity contribution >= 4 is 0 Å². The van der Waals surface area contributed by atoms with Gasteiger partial charge in [-0.05, 0) is 61.1 Å². The summed E-state index contributed by atoms with van der Waals surface area (Å²) in [6.07, 6.45) is 0.849. The standard InChI is InChI=1S/C33H36O6/c1-18-5-22(30(36)24(7-18)14-26-9-20(3)11-28(16-34)32(26)38)13-23-6-19(2)8-25(31(23)37)15-27-10-21(4)12-29(17-35)33(27)39/h5-12,34-39H,13-17H2,1-4H3. The minimum absolute atomic E-state index is 0.0234. The van der Waals surface area contributed by atoms with Gasteiger partial charge >= 0.3 is 0 Å². The third-order valence-electron chi connectivity index (χ3n) is 7.13. The second kappa shape index (κ2) is 11.4. The van der Waals surface area contributed by atoms with Crippen molar-refractivity contribution in [3.05, 3.63) is 115 Å². The fraction of sp³-hybridized carbons (Fsp3) is 0.273. The molecule has 0 aliphatic heterocycles. The molecule has 0 atom stereocenters. The molecular formula is C33H36O6. The molecule has 0 saturated heterocycles. The Morgan fingerprint density at radius 1 is 0.359 bits per heavy atom. The molecule has 0 spiro atoms. The van der Waals surface area contributed by atoms with Crippen LogP contribution in [-0.4, -0.2) is 30.6 Å². The highest BCUT2D eigenvalue weighted by Crippen LogP contribution is 2.36. The van der Waals surface area contributed by atoms with Gasteiger partial charge in [0.25, 0.3) is 0 Å². The Kier molecular flexibility index (Phi) is 8.19. The van der Waals surface area contributed by atoms with Gasteiger partial charge < -0.3 is 30.6 Å². The van der Waals surface area contributed by atoms with Gasteiger partial charge in [0.2, 0.25) is 0 Å². The molecule has 4 aromatic carbocycles. The predicted octanol–water partition coefficient (Wildman–Crippen LogP) is 5.50. The summed E-state index contributed by atoms with van der Waals surface area (Å²) in [6.45, 7) is 7.10. The third kappa shape index (κ3) is 6.03. The van der Waals surface area contributed by atoms with Crippen LogP contribution in [0.25, 0.3) is 0 Å². The summed E-state index contributed by atoms with van der Waals surface area (Å²) >= 11 is 0. The molecule has 0 bridgehead atoms. The Labute approximate surface area is 229 Å². The molecule has 0 heterocycles. The van der Waals surface area contributed by atoms with E-state index in [1.54, 1.807) is 12.1 Å². The largest absolute Gasteiger partial charge is 0.507 e. The zero-order valence-electron chi connectivity index (χ0n) is 22.8. The van der Waals surface area contributed by atoms with E-state index in [2.05, 4.69) is 0 Å². The topological polar surface area (TPSA) is 121 Å². The van der Waals surface area contributed by atoms with Crippen molar-refractivity contribution in [3.8, 4) is 23.0 Å². The number of phenolic OH excluding ortho intramolecular Hbond substituents is 2. The lowest BCUT2D eigenvalue weighted by Gasteiger charge is -2.17. The van der Waals surface area contributed by atoms with E-state index in [0.717, 1.165) is 22.3 Å². The van der Waals surface area contributed by atoms with Crippen molar-refractivity contribution in [2.24, 2.45) is 0 Å². The average Bonchev–Trinajstić information content (AvgIpc) is 2.88. The molecule has 0 amide bonds. The number of aromatic hydroxyl groups is 4. The monoisotopic (exact) mass is 528 g/mol. The highest BCUT2D eigenvalue weighted by Gasteiger charge is 2.18. The van der Waals surface area contributed by atoms with Gasteiger partial charge in [0, 0.05) is 30.4 Å². The Hall–Kier alpha value is -4.00. The van der Waals surface area contributed by atoms with Crippen LogP contribution in [0.3, 0.4) is 0 Å². The van der Waals surface area contributed by atoms with Gasteiger partial charge in [0.15, 0.2) is 0 Å². The van der Waals surface area contributed by atoms with Crippen LogP contribution in [0, 0.1) is 27.7 Å². The summed E-state index contributed by atoms with van der Waals surface area (Å²) in [6, 6.07) is 14.7.